The van der Waals surface area contributed by atoms with Gasteiger partial charge in [0.15, 0.2) is 5.82 Å². The van der Waals surface area contributed by atoms with Crippen molar-refractivity contribution in [2.45, 2.75) is 9.92 Å². The molecule has 0 radical (unpaired) electrons. The highest BCUT2D eigenvalue weighted by Gasteiger charge is 2.24. The molecule has 11 heteroatoms. The van der Waals surface area contributed by atoms with Crippen LogP contribution in [0.25, 0.3) is 11.0 Å². The maximum atomic E-state index is 11.8. The van der Waals surface area contributed by atoms with Crippen LogP contribution in [0.2, 0.25) is 0 Å². The van der Waals surface area contributed by atoms with Crippen molar-refractivity contribution in [3.05, 3.63) is 30.6 Å². The largest absolute Gasteiger partial charge is 0.616 e. The first-order valence-electron chi connectivity index (χ1n) is 9.47. The minimum atomic E-state index is -0.793. The fraction of sp³-hybridized carbons (Fsp3) is 0.368. The van der Waals surface area contributed by atoms with Crippen LogP contribution < -0.4 is 15.0 Å². The first-order valence-corrected chi connectivity index (χ1v) is 11.8. The van der Waals surface area contributed by atoms with Crippen molar-refractivity contribution in [1.82, 2.24) is 19.9 Å². The molecule has 1 fully saturated rings. The molecule has 1 aliphatic heterocycles. The number of anilines is 2. The zero-order chi connectivity index (χ0) is 20.9. The molecule has 3 heterocycles. The van der Waals surface area contributed by atoms with Crippen molar-refractivity contribution >= 4 is 45.7 Å². The molecule has 4 rings (SSSR count). The van der Waals surface area contributed by atoms with Gasteiger partial charge in [-0.3, -0.25) is 0 Å². The predicted molar refractivity (Wildman–Crippen MR) is 118 cm³/mol. The maximum Gasteiger partial charge on any atom is 0.225 e. The molecule has 158 valence electrons. The van der Waals surface area contributed by atoms with E-state index in [1.807, 2.05) is 24.3 Å². The van der Waals surface area contributed by atoms with E-state index in [2.05, 4.69) is 30.2 Å². The van der Waals surface area contributed by atoms with Gasteiger partial charge < -0.3 is 24.6 Å². The summed E-state index contributed by atoms with van der Waals surface area (Å²) in [7, 11) is 1.63. The summed E-state index contributed by atoms with van der Waals surface area (Å²) < 4.78 is 17.0. The van der Waals surface area contributed by atoms with Crippen LogP contribution in [-0.4, -0.2) is 74.5 Å². The van der Waals surface area contributed by atoms with Gasteiger partial charge in [-0.25, -0.2) is 15.0 Å². The Morgan fingerprint density at radius 1 is 1.17 bits per heavy atom. The minimum Gasteiger partial charge on any atom is -0.616 e. The number of methoxy groups -OCH3 is 1. The van der Waals surface area contributed by atoms with E-state index in [0.29, 0.717) is 59.0 Å². The first-order chi connectivity index (χ1) is 14.7. The number of hydrogen-bond acceptors (Lipinski definition) is 10. The Bertz CT molecular complexity index is 999. The lowest BCUT2D eigenvalue weighted by Crippen LogP contribution is -2.41. The lowest BCUT2D eigenvalue weighted by Gasteiger charge is -2.29. The first kappa shape index (κ1) is 20.9. The summed E-state index contributed by atoms with van der Waals surface area (Å²) in [6, 6.07) is 7.72. The fourth-order valence-electron chi connectivity index (χ4n) is 3.06. The van der Waals surface area contributed by atoms with Crippen LogP contribution in [0.15, 0.2) is 40.5 Å². The molecule has 1 saturated heterocycles. The normalized spacial score (nSPS) is 14.8. The lowest BCUT2D eigenvalue weighted by molar-refractivity contribution is 0.311. The molecule has 30 heavy (non-hydrogen) atoms. The molecule has 2 N–H and O–H groups in total. The van der Waals surface area contributed by atoms with E-state index < -0.39 is 11.2 Å². The number of aliphatic hydroxyl groups is 1. The number of aromatic nitrogens is 4. The van der Waals surface area contributed by atoms with Crippen LogP contribution in [-0.2, 0) is 11.2 Å². The third-order valence-electron chi connectivity index (χ3n) is 4.58. The number of hydrogen-bond donors (Lipinski definition) is 2. The second-order valence-electron chi connectivity index (χ2n) is 6.51. The van der Waals surface area contributed by atoms with Gasteiger partial charge in [-0.15, -0.1) is 0 Å². The smallest absolute Gasteiger partial charge is 0.225 e. The van der Waals surface area contributed by atoms with Gasteiger partial charge in [0.05, 0.1) is 26.8 Å². The van der Waals surface area contributed by atoms with Gasteiger partial charge in [0, 0.05) is 11.4 Å². The summed E-state index contributed by atoms with van der Waals surface area (Å²) >= 11 is 0.690. The van der Waals surface area contributed by atoms with Gasteiger partial charge in [-0.2, -0.15) is 4.98 Å². The molecule has 2 aromatic heterocycles. The minimum absolute atomic E-state index is 0.0296. The third kappa shape index (κ3) is 4.69. The van der Waals surface area contributed by atoms with Crippen LogP contribution >= 0.6 is 11.8 Å². The zero-order valence-electron chi connectivity index (χ0n) is 16.4. The van der Waals surface area contributed by atoms with Gasteiger partial charge in [0.25, 0.3) is 0 Å². The lowest BCUT2D eigenvalue weighted by atomic mass is 10.3. The summed E-state index contributed by atoms with van der Waals surface area (Å²) in [5, 5.41) is 12.9. The van der Waals surface area contributed by atoms with Crippen molar-refractivity contribution in [2.24, 2.45) is 0 Å². The number of aliphatic hydroxyl groups excluding tert-OH is 1. The van der Waals surface area contributed by atoms with Gasteiger partial charge in [0.1, 0.15) is 39.6 Å². The summed E-state index contributed by atoms with van der Waals surface area (Å²) in [5.41, 5.74) is 1.29. The van der Waals surface area contributed by atoms with Crippen molar-refractivity contribution in [1.29, 1.82) is 0 Å². The molecule has 0 aliphatic carbocycles. The number of benzene rings is 1. The predicted octanol–water partition coefficient (Wildman–Crippen LogP) is 1.55. The Balaban J connectivity index is 1.74. The molecule has 0 bridgehead atoms. The Morgan fingerprint density at radius 2 is 1.93 bits per heavy atom. The van der Waals surface area contributed by atoms with Crippen LogP contribution in [0.5, 0.6) is 5.75 Å². The number of ether oxygens (including phenoxy) is 1. The SMILES string of the molecule is COc1ccc(Sc2ncnc3c(N4CC[S+]([O-])CC4)nc(NCCO)nc23)cc1. The average molecular weight is 447 g/mol. The highest BCUT2D eigenvalue weighted by atomic mass is 32.2. The van der Waals surface area contributed by atoms with E-state index in [-0.39, 0.29) is 6.61 Å². The maximum absolute atomic E-state index is 11.8. The van der Waals surface area contributed by atoms with Crippen molar-refractivity contribution in [3.63, 3.8) is 0 Å². The summed E-state index contributed by atoms with van der Waals surface area (Å²) in [4.78, 5) is 21.3. The van der Waals surface area contributed by atoms with E-state index in [0.717, 1.165) is 10.6 Å². The van der Waals surface area contributed by atoms with E-state index in [4.69, 9.17) is 4.74 Å². The average Bonchev–Trinajstić information content (AvgIpc) is 2.78. The molecular weight excluding hydrogens is 424 g/mol. The van der Waals surface area contributed by atoms with Gasteiger partial charge in [-0.05, 0) is 24.3 Å². The van der Waals surface area contributed by atoms with E-state index in [1.165, 1.54) is 18.1 Å². The fourth-order valence-corrected chi connectivity index (χ4v) is 4.94. The quantitative estimate of drug-likeness (QED) is 0.409. The molecule has 1 aromatic carbocycles. The number of fused-ring (bicyclic) bond motifs is 1. The summed E-state index contributed by atoms with van der Waals surface area (Å²) in [5.74, 6) is 3.09. The van der Waals surface area contributed by atoms with Crippen LogP contribution in [0.1, 0.15) is 0 Å². The standard InChI is InChI=1S/C19H22N6O3S2/c1-28-13-2-4-14(5-3-13)29-18-16-15(21-12-22-18)17(24-19(23-16)20-6-9-26)25-7-10-30(27)11-8-25/h2-5,12,26H,6-11H2,1H3,(H,20,23,24). The van der Waals surface area contributed by atoms with Gasteiger partial charge in [0.2, 0.25) is 5.95 Å². The number of rotatable bonds is 7. The summed E-state index contributed by atoms with van der Waals surface area (Å²) in [6.07, 6.45) is 1.52. The second-order valence-corrected chi connectivity index (χ2v) is 9.27. The molecule has 0 spiro atoms. The van der Waals surface area contributed by atoms with Crippen LogP contribution in [0.3, 0.4) is 0 Å². The highest BCUT2D eigenvalue weighted by molar-refractivity contribution is 7.99. The van der Waals surface area contributed by atoms with Gasteiger partial charge >= 0.3 is 0 Å². The molecule has 0 atom stereocenters. The Hall–Kier alpha value is -2.34. The molecule has 0 amide bonds. The van der Waals surface area contributed by atoms with Crippen molar-refractivity contribution in [2.75, 3.05) is 55.1 Å². The Labute approximate surface area is 181 Å². The Kier molecular flexibility index (Phi) is 6.72. The van der Waals surface area contributed by atoms with Crippen molar-refractivity contribution < 1.29 is 14.4 Å². The molecule has 0 saturated carbocycles. The van der Waals surface area contributed by atoms with Crippen LogP contribution in [0.4, 0.5) is 11.8 Å². The molecular formula is C19H22N6O3S2. The number of nitrogens with zero attached hydrogens (tertiary/aromatic N) is 5. The molecule has 3 aromatic rings. The highest BCUT2D eigenvalue weighted by Crippen LogP contribution is 2.34. The third-order valence-corrected chi connectivity index (χ3v) is 6.85. The van der Waals surface area contributed by atoms with Gasteiger partial charge in [-0.1, -0.05) is 22.9 Å². The molecule has 0 unspecified atom stereocenters. The monoisotopic (exact) mass is 446 g/mol. The molecule has 9 nitrogen and oxygen atoms in total. The Morgan fingerprint density at radius 3 is 2.63 bits per heavy atom. The summed E-state index contributed by atoms with van der Waals surface area (Å²) in [6.45, 7) is 1.59. The van der Waals surface area contributed by atoms with E-state index in [9.17, 15) is 9.66 Å². The van der Waals surface area contributed by atoms with E-state index >= 15 is 0 Å². The second kappa shape index (κ2) is 9.65. The van der Waals surface area contributed by atoms with E-state index in [1.54, 1.807) is 7.11 Å². The van der Waals surface area contributed by atoms with Crippen molar-refractivity contribution in [3.8, 4) is 5.75 Å². The molecule has 1 aliphatic rings. The van der Waals surface area contributed by atoms with Crippen LogP contribution in [0, 0.1) is 0 Å². The topological polar surface area (TPSA) is 119 Å². The number of nitrogens with one attached hydrogen (secondary N) is 1. The zero-order valence-corrected chi connectivity index (χ0v) is 18.1.